The van der Waals surface area contributed by atoms with Gasteiger partial charge >= 0.3 is 6.18 Å². The maximum Gasteiger partial charge on any atom is 0.416 e. The molecule has 1 amide bonds. The summed E-state index contributed by atoms with van der Waals surface area (Å²) in [4.78, 5) is 23.2. The van der Waals surface area contributed by atoms with E-state index < -0.39 is 17.8 Å². The number of methoxy groups -OCH3 is 1. The summed E-state index contributed by atoms with van der Waals surface area (Å²) in [6.45, 7) is 4.64. The predicted molar refractivity (Wildman–Crippen MR) is 137 cm³/mol. The van der Waals surface area contributed by atoms with Crippen molar-refractivity contribution >= 4 is 34.1 Å². The number of nitrogen functional groups attached to an aromatic ring is 1. The molecule has 4 heterocycles. The third kappa shape index (κ3) is 5.28. The fourth-order valence-corrected chi connectivity index (χ4v) is 5.03. The monoisotopic (exact) mass is 543 g/mol. The second-order valence-electron chi connectivity index (χ2n) is 9.71. The highest BCUT2D eigenvalue weighted by Gasteiger charge is 2.32. The molecule has 0 aliphatic carbocycles. The van der Waals surface area contributed by atoms with Crippen LogP contribution in [0.2, 0.25) is 0 Å². The average Bonchev–Trinajstić information content (AvgIpc) is 3.38. The highest BCUT2D eigenvalue weighted by Crippen LogP contribution is 2.36. The number of tetrazole rings is 1. The van der Waals surface area contributed by atoms with Gasteiger partial charge in [-0.25, -0.2) is 9.97 Å². The van der Waals surface area contributed by atoms with Crippen molar-refractivity contribution in [2.24, 2.45) is 0 Å². The van der Waals surface area contributed by atoms with Crippen LogP contribution in [0.1, 0.15) is 54.2 Å². The number of alkyl halides is 3. The highest BCUT2D eigenvalue weighted by atomic mass is 19.4. The van der Waals surface area contributed by atoms with Gasteiger partial charge in [-0.1, -0.05) is 0 Å². The maximum atomic E-state index is 13.4. The molecule has 0 bridgehead atoms. The molecule has 0 radical (unpaired) electrons. The van der Waals surface area contributed by atoms with Crippen molar-refractivity contribution in [2.75, 3.05) is 37.9 Å². The molecule has 0 unspecified atom stereocenters. The van der Waals surface area contributed by atoms with E-state index in [1.807, 2.05) is 6.07 Å². The van der Waals surface area contributed by atoms with Crippen LogP contribution < -0.4 is 11.1 Å². The number of nitrogens with two attached hydrogens (primary N) is 1. The van der Waals surface area contributed by atoms with Crippen LogP contribution in [0.5, 0.6) is 0 Å². The van der Waals surface area contributed by atoms with Gasteiger partial charge in [0.1, 0.15) is 18.2 Å². The number of nitrogens with zero attached hydrogens (tertiary/aromatic N) is 7. The Kier molecular flexibility index (Phi) is 6.97. The van der Waals surface area contributed by atoms with E-state index in [2.05, 4.69) is 30.8 Å². The lowest BCUT2D eigenvalue weighted by Crippen LogP contribution is -2.39. The van der Waals surface area contributed by atoms with Crippen LogP contribution in [0.4, 0.5) is 24.7 Å². The van der Waals surface area contributed by atoms with E-state index in [0.29, 0.717) is 59.8 Å². The standard InChI is InChI=1S/C25H28F3N9O2/c1-13(16-8-17(25(26,27)28)10-18(29)9-16)30-22-20-11-19(15-4-6-36(7-5-15)21(38)12-39-3)24-33-34-35-37(24)23(20)32-14(2)31-22/h8-11,13,15H,4-7,12,29H2,1-3H3,(H,30,31,32)/t13-/m1/s1. The largest absolute Gasteiger partial charge is 0.416 e. The quantitative estimate of drug-likeness (QED) is 0.350. The molecule has 3 aromatic heterocycles. The zero-order chi connectivity index (χ0) is 27.9. The molecule has 1 aliphatic rings. The number of pyridine rings is 1. The Morgan fingerprint density at radius 1 is 1.18 bits per heavy atom. The molecule has 0 spiro atoms. The molecule has 4 aromatic rings. The summed E-state index contributed by atoms with van der Waals surface area (Å²) in [7, 11) is 1.49. The Hall–Kier alpha value is -4.07. The molecule has 1 atom stereocenters. The summed E-state index contributed by atoms with van der Waals surface area (Å²) < 4.78 is 46.7. The second kappa shape index (κ2) is 10.2. The van der Waals surface area contributed by atoms with Crippen LogP contribution >= 0.6 is 0 Å². The van der Waals surface area contributed by atoms with Gasteiger partial charge in [-0.15, -0.1) is 5.10 Å². The lowest BCUT2D eigenvalue weighted by molar-refractivity contribution is -0.137. The third-order valence-corrected chi connectivity index (χ3v) is 6.98. The number of aryl methyl sites for hydroxylation is 1. The van der Waals surface area contributed by atoms with Gasteiger partial charge in [0.05, 0.1) is 17.0 Å². The van der Waals surface area contributed by atoms with Crippen LogP contribution in [0.25, 0.3) is 16.7 Å². The number of hydrogen-bond donors (Lipinski definition) is 2. The van der Waals surface area contributed by atoms with E-state index in [-0.39, 0.29) is 24.1 Å². The molecular weight excluding hydrogens is 515 g/mol. The minimum atomic E-state index is -4.52. The average molecular weight is 544 g/mol. The number of anilines is 2. The number of hydrogen-bond acceptors (Lipinski definition) is 9. The van der Waals surface area contributed by atoms with Crippen LogP contribution in [-0.2, 0) is 15.7 Å². The first-order valence-corrected chi connectivity index (χ1v) is 12.5. The molecule has 1 aromatic carbocycles. The second-order valence-corrected chi connectivity index (χ2v) is 9.71. The Balaban J connectivity index is 1.52. The number of benzene rings is 1. The maximum absolute atomic E-state index is 13.4. The molecule has 3 N–H and O–H groups in total. The minimum absolute atomic E-state index is 0.0187. The van der Waals surface area contributed by atoms with Crippen LogP contribution in [0, 0.1) is 6.92 Å². The Bertz CT molecular complexity index is 1530. The molecule has 1 aliphatic heterocycles. The van der Waals surface area contributed by atoms with Crippen molar-refractivity contribution < 1.29 is 22.7 Å². The van der Waals surface area contributed by atoms with Crippen molar-refractivity contribution in [1.82, 2.24) is 34.9 Å². The number of ether oxygens (including phenoxy) is 1. The molecule has 1 fully saturated rings. The summed E-state index contributed by atoms with van der Waals surface area (Å²) in [5.41, 5.74) is 7.27. The third-order valence-electron chi connectivity index (χ3n) is 6.98. The van der Waals surface area contributed by atoms with Gasteiger partial charge in [0.15, 0.2) is 11.3 Å². The van der Waals surface area contributed by atoms with Crippen molar-refractivity contribution in [2.45, 2.75) is 44.8 Å². The summed E-state index contributed by atoms with van der Waals surface area (Å²) in [5.74, 6) is 0.898. The predicted octanol–water partition coefficient (Wildman–Crippen LogP) is 3.50. The smallest absolute Gasteiger partial charge is 0.399 e. The molecule has 0 saturated carbocycles. The normalized spacial score (nSPS) is 15.7. The van der Waals surface area contributed by atoms with Crippen LogP contribution in [0.15, 0.2) is 24.3 Å². The summed E-state index contributed by atoms with van der Waals surface area (Å²) >= 11 is 0. The number of likely N-dealkylation sites (tertiary alicyclic amines) is 1. The summed E-state index contributed by atoms with van der Waals surface area (Å²) in [5, 5.41) is 16.1. The molecule has 14 heteroatoms. The Morgan fingerprint density at radius 2 is 1.92 bits per heavy atom. The number of carbonyl (C=O) groups excluding carboxylic acids is 1. The van der Waals surface area contributed by atoms with Gasteiger partial charge in [0.25, 0.3) is 0 Å². The lowest BCUT2D eigenvalue weighted by Gasteiger charge is -2.32. The molecule has 1 saturated heterocycles. The number of fused-ring (bicyclic) bond motifs is 3. The summed E-state index contributed by atoms with van der Waals surface area (Å²) in [6.07, 6.45) is -3.11. The first-order valence-electron chi connectivity index (χ1n) is 12.5. The van der Waals surface area contributed by atoms with Gasteiger partial charge in [-0.3, -0.25) is 4.79 Å². The number of nitrogens with one attached hydrogen (secondary N) is 1. The first kappa shape index (κ1) is 26.5. The number of amides is 1. The first-order chi connectivity index (χ1) is 18.5. The van der Waals surface area contributed by atoms with Gasteiger partial charge in [0.2, 0.25) is 5.91 Å². The van der Waals surface area contributed by atoms with E-state index in [1.165, 1.54) is 13.2 Å². The molecule has 39 heavy (non-hydrogen) atoms. The van der Waals surface area contributed by atoms with Crippen LogP contribution in [0.3, 0.4) is 0 Å². The Labute approximate surface area is 221 Å². The lowest BCUT2D eigenvalue weighted by atomic mass is 9.89. The van der Waals surface area contributed by atoms with Gasteiger partial charge in [-0.2, -0.15) is 17.7 Å². The van der Waals surface area contributed by atoms with Crippen LogP contribution in [-0.4, -0.2) is 67.6 Å². The number of carbonyl (C=O) groups is 1. The van der Waals surface area contributed by atoms with Crippen molar-refractivity contribution in [3.63, 3.8) is 0 Å². The van der Waals surface area contributed by atoms with E-state index in [1.54, 1.807) is 23.3 Å². The van der Waals surface area contributed by atoms with Crippen molar-refractivity contribution in [1.29, 1.82) is 0 Å². The molecule has 5 rings (SSSR count). The highest BCUT2D eigenvalue weighted by molar-refractivity contribution is 5.90. The minimum Gasteiger partial charge on any atom is -0.399 e. The number of halogens is 3. The van der Waals surface area contributed by atoms with Gasteiger partial charge in [-0.05, 0) is 72.9 Å². The number of aromatic nitrogens is 6. The van der Waals surface area contributed by atoms with E-state index in [4.69, 9.17) is 10.5 Å². The molecular formula is C25H28F3N9O2. The van der Waals surface area contributed by atoms with Crippen molar-refractivity contribution in [3.05, 3.63) is 46.8 Å². The fraction of sp³-hybridized carbons (Fsp3) is 0.440. The zero-order valence-electron chi connectivity index (χ0n) is 21.7. The van der Waals surface area contributed by atoms with Gasteiger partial charge < -0.3 is 20.7 Å². The zero-order valence-corrected chi connectivity index (χ0v) is 21.7. The summed E-state index contributed by atoms with van der Waals surface area (Å²) in [6, 6.07) is 4.87. The SMILES string of the molecule is COCC(=O)N1CCC(c2cc3c(N[C@H](C)c4cc(N)cc(C(F)(F)F)c4)nc(C)nc3n3nnnc23)CC1. The van der Waals surface area contributed by atoms with E-state index >= 15 is 0 Å². The molecule has 206 valence electrons. The van der Waals surface area contributed by atoms with Gasteiger partial charge in [0, 0.05) is 31.5 Å². The fourth-order valence-electron chi connectivity index (χ4n) is 5.03. The van der Waals surface area contributed by atoms with Crippen molar-refractivity contribution in [3.8, 4) is 0 Å². The van der Waals surface area contributed by atoms with E-state index in [0.717, 1.165) is 17.7 Å². The topological polar surface area (TPSA) is 136 Å². The Morgan fingerprint density at radius 3 is 2.62 bits per heavy atom. The molecule has 11 nitrogen and oxygen atoms in total. The van der Waals surface area contributed by atoms with E-state index in [9.17, 15) is 18.0 Å². The number of rotatable bonds is 6. The number of piperidine rings is 1.